The van der Waals surface area contributed by atoms with Gasteiger partial charge in [0.2, 0.25) is 22.9 Å². The Balaban J connectivity index is 0.000000132. The van der Waals surface area contributed by atoms with Crippen molar-refractivity contribution in [3.05, 3.63) is 508 Å². The molecular weight excluding hydrogens is 2560 g/mol. The SMILES string of the molecule is Cc1ccc2c(n1)oc1c(-c3cc(-c4ccc(C(C)C)cc4)ccn3)[c-]ccc12.Cc1ccc2c(n1)oc1c(-c3cc(-c4ccc(F)cc4)ccn3)[c-]ccc12.Cc1ccc2c(n1)oc1c(-c3ccccn3)[c-]ccc12.Cc1ccc2c(n1)oc1c(-c3ccccn3)[c-]ccc12.[2H]C([2H])([2H])c1ccc(-c2[c-]cccc2)nc1.[Ir].[Ir].[Ir].[Ir].[c-]1ccccc1-c1ccccn1.[c-]1ccccc1-c1ccccn1.[c-]1ccccc1-c1ccccn1. The molecule has 0 atom stereocenters. The number of nitrogens with zero attached hydrogens (tertiary/aromatic N) is 12. The molecule has 0 saturated heterocycles. The quantitative estimate of drug-likeness (QED) is 0.110. The van der Waals surface area contributed by atoms with E-state index in [9.17, 15) is 4.39 Å². The Bertz CT molecular complexity index is 8520. The fourth-order valence-electron chi connectivity index (χ4n) is 16.2. The first-order valence-electron chi connectivity index (χ1n) is 48.4. The third-order valence-corrected chi connectivity index (χ3v) is 23.4. The van der Waals surface area contributed by atoms with Crippen LogP contribution in [0.15, 0.2) is 437 Å². The van der Waals surface area contributed by atoms with Crippen LogP contribution in [-0.4, -0.2) is 59.8 Å². The van der Waals surface area contributed by atoms with Crippen molar-refractivity contribution < 1.29 is 107 Å². The molecule has 0 spiro atoms. The molecule has 16 nitrogen and oxygen atoms in total. The molecule has 0 aliphatic rings. The largest absolute Gasteiger partial charge is 0.486 e. The minimum absolute atomic E-state index is 0. The van der Waals surface area contributed by atoms with E-state index in [1.807, 2.05) is 325 Å². The Labute approximate surface area is 921 Å². The predicted octanol–water partition coefficient (Wildman–Crippen LogP) is 31.7. The van der Waals surface area contributed by atoms with E-state index in [2.05, 4.69) is 159 Å². The minimum Gasteiger partial charge on any atom is -0.486 e. The molecule has 0 amide bonds. The van der Waals surface area contributed by atoms with Crippen LogP contribution in [0, 0.1) is 88.9 Å². The molecule has 26 aromatic rings. The summed E-state index contributed by atoms with van der Waals surface area (Å²) < 4.78 is 59.0. The molecule has 10 aromatic carbocycles. The predicted molar refractivity (Wildman–Crippen MR) is 577 cm³/mol. The molecule has 16 heterocycles. The van der Waals surface area contributed by atoms with Gasteiger partial charge in [-0.3, -0.25) is 0 Å². The average Bonchev–Trinajstić information content (AvgIpc) is 1.62. The van der Waals surface area contributed by atoms with Crippen LogP contribution < -0.4 is 0 Å². The molecule has 0 unspecified atom stereocenters. The summed E-state index contributed by atoms with van der Waals surface area (Å²) in [5, 5.41) is 8.16. The topological polar surface area (TPSA) is 207 Å². The van der Waals surface area contributed by atoms with Crippen molar-refractivity contribution in [3.63, 3.8) is 0 Å². The molecule has 4 radical (unpaired) electrons. The number of rotatable bonds is 11. The van der Waals surface area contributed by atoms with Crippen molar-refractivity contribution >= 4 is 88.3 Å². The molecule has 26 rings (SSSR count). The first kappa shape index (κ1) is 103. The number of furan rings is 4. The van der Waals surface area contributed by atoms with Gasteiger partial charge >= 0.3 is 0 Å². The summed E-state index contributed by atoms with van der Waals surface area (Å²) in [5.41, 5.74) is 29.5. The first-order chi connectivity index (χ1) is 72.4. The smallest absolute Gasteiger partial charge is 0.216 e. The monoisotopic (exact) mass is 2650 g/mol. The number of aromatic nitrogens is 12. The van der Waals surface area contributed by atoms with Gasteiger partial charge in [0.1, 0.15) is 5.82 Å². The Hall–Kier alpha value is -16.3. The van der Waals surface area contributed by atoms with Gasteiger partial charge in [0.05, 0.1) is 22.3 Å². The van der Waals surface area contributed by atoms with Crippen LogP contribution in [0.25, 0.3) is 201 Å². The van der Waals surface area contributed by atoms with Crippen LogP contribution in [0.1, 0.15) is 57.8 Å². The van der Waals surface area contributed by atoms with Crippen molar-refractivity contribution in [1.82, 2.24) is 59.8 Å². The summed E-state index contributed by atoms with van der Waals surface area (Å²) in [5.74, 6) is 0.269. The second kappa shape index (κ2) is 51.7. The van der Waals surface area contributed by atoms with E-state index in [-0.39, 0.29) is 91.8 Å². The maximum atomic E-state index is 13.2. The molecule has 0 saturated carbocycles. The molecule has 21 heteroatoms. The van der Waals surface area contributed by atoms with E-state index in [4.69, 9.17) is 21.8 Å². The zero-order chi connectivity index (χ0) is 102. The maximum Gasteiger partial charge on any atom is 0.216 e. The van der Waals surface area contributed by atoms with Gasteiger partial charge < -0.3 is 57.5 Å². The second-order valence-electron chi connectivity index (χ2n) is 33.8. The third-order valence-electron chi connectivity index (χ3n) is 23.4. The van der Waals surface area contributed by atoms with Crippen LogP contribution in [0.5, 0.6) is 0 Å². The number of halogens is 1. The standard InChI is InChI=1S/C26H21N2O.C23H14FN2O.2C17H11N2O.C12H10N.3C11H8N.4Ir/c1-16(2)18-8-10-19(11-9-18)20-13-14-27-24(15-20)23-6-4-5-21-22-12-7-17(3)28-26(22)29-25(21)23;1-14-5-10-19-18-3-2-4-20(22(18)27-23(19)26-14)21-13-16(11-12-25-21)15-6-8-17(24)9-7-15;2*1-11-8-9-13-12-5-4-6-14(15-7-2-3-10-18-15)16(12)20-17(13)19-11;1-10-7-8-12(13-9-10)11-5-3-2-4-6-11;3*1-2-6-10(7-3-1)11-8-4-5-9-12-11;;;;/h4-5,7-16H,1-3H3;2-3,5-13H,1H3;2*2-5,7-10H,1H3;2-5,7-9H,1H3;3*1-6,8-9H;;;;/q8*-1;;;;/i;;;;1D3;;;;;;;. The summed E-state index contributed by atoms with van der Waals surface area (Å²) in [4.78, 5) is 52.6. The summed E-state index contributed by atoms with van der Waals surface area (Å²) in [6, 6.07) is 144. The summed E-state index contributed by atoms with van der Waals surface area (Å²) in [6.07, 6.45) is 13.9. The zero-order valence-electron chi connectivity index (χ0n) is 84.1. The number of hydrogen-bond acceptors (Lipinski definition) is 16. The number of aryl methyl sites for hydroxylation is 5. The molecule has 0 aliphatic heterocycles. The van der Waals surface area contributed by atoms with Gasteiger partial charge in [-0.05, 0) is 223 Å². The fraction of sp³-hybridized carbons (Fsp3) is 0.0625. The van der Waals surface area contributed by atoms with Gasteiger partial charge in [-0.25, -0.2) is 24.3 Å². The normalized spacial score (nSPS) is 10.9. The van der Waals surface area contributed by atoms with Crippen LogP contribution in [0.2, 0.25) is 0 Å². The molecule has 16 aromatic heterocycles. The third kappa shape index (κ3) is 26.4. The summed E-state index contributed by atoms with van der Waals surface area (Å²) in [7, 11) is 0. The summed E-state index contributed by atoms with van der Waals surface area (Å²) >= 11 is 0. The molecule has 738 valence electrons. The summed E-state index contributed by atoms with van der Waals surface area (Å²) in [6.45, 7) is 10.1. The first-order valence-corrected chi connectivity index (χ1v) is 46.9. The van der Waals surface area contributed by atoms with Crippen LogP contribution in [0.4, 0.5) is 4.39 Å². The van der Waals surface area contributed by atoms with E-state index in [0.29, 0.717) is 34.4 Å². The van der Waals surface area contributed by atoms with Gasteiger partial charge in [0, 0.05) is 178 Å². The van der Waals surface area contributed by atoms with Gasteiger partial charge in [-0.15, -0.1) is 216 Å². The Morgan fingerprint density at radius 1 is 0.248 bits per heavy atom. The van der Waals surface area contributed by atoms with Crippen molar-refractivity contribution in [1.29, 1.82) is 0 Å². The van der Waals surface area contributed by atoms with Crippen LogP contribution in [0.3, 0.4) is 0 Å². The van der Waals surface area contributed by atoms with Gasteiger partial charge in [-0.1, -0.05) is 179 Å². The van der Waals surface area contributed by atoms with E-state index in [0.717, 1.165) is 189 Å². The Morgan fingerprint density at radius 3 is 0.812 bits per heavy atom. The number of hydrogen-bond donors (Lipinski definition) is 0. The van der Waals surface area contributed by atoms with E-state index >= 15 is 0 Å². The Kier molecular flexibility index (Phi) is 35.6. The van der Waals surface area contributed by atoms with Crippen molar-refractivity contribution in [2.24, 2.45) is 0 Å². The van der Waals surface area contributed by atoms with Gasteiger partial charge in [-0.2, -0.15) is 0 Å². The minimum atomic E-state index is -2.09. The Morgan fingerprint density at radius 2 is 0.537 bits per heavy atom. The molecule has 0 aliphatic carbocycles. The van der Waals surface area contributed by atoms with E-state index < -0.39 is 6.85 Å². The van der Waals surface area contributed by atoms with E-state index in [1.54, 1.807) is 67.5 Å². The van der Waals surface area contributed by atoms with Gasteiger partial charge in [0.15, 0.2) is 0 Å². The maximum absolute atomic E-state index is 13.2. The molecule has 0 bridgehead atoms. The number of benzene rings is 10. The molecule has 149 heavy (non-hydrogen) atoms. The molecular formula is C128H91FIr4N12O4-8. The zero-order valence-corrected chi connectivity index (χ0v) is 90.7. The fourth-order valence-corrected chi connectivity index (χ4v) is 16.2. The van der Waals surface area contributed by atoms with Crippen molar-refractivity contribution in [3.8, 4) is 112 Å². The average molecular weight is 2650 g/mol. The van der Waals surface area contributed by atoms with Gasteiger partial charge in [0.25, 0.3) is 0 Å². The van der Waals surface area contributed by atoms with Crippen molar-refractivity contribution in [2.45, 2.75) is 54.3 Å². The second-order valence-corrected chi connectivity index (χ2v) is 33.8. The van der Waals surface area contributed by atoms with Crippen LogP contribution >= 0.6 is 0 Å². The van der Waals surface area contributed by atoms with Crippen molar-refractivity contribution in [2.75, 3.05) is 0 Å². The number of pyridine rings is 12. The molecule has 0 N–H and O–H groups in total. The number of fused-ring (bicyclic) bond motifs is 12. The van der Waals surface area contributed by atoms with E-state index in [1.165, 1.54) is 29.5 Å². The van der Waals surface area contributed by atoms with Crippen LogP contribution in [-0.2, 0) is 80.4 Å². The molecule has 0 fully saturated rings.